The lowest BCUT2D eigenvalue weighted by Gasteiger charge is -2.53. The van der Waals surface area contributed by atoms with Gasteiger partial charge in [0.15, 0.2) is 5.13 Å². The number of carbonyl (C=O) groups is 2. The van der Waals surface area contributed by atoms with Gasteiger partial charge < -0.3 is 10.2 Å². The number of thiazole rings is 1. The summed E-state index contributed by atoms with van der Waals surface area (Å²) in [6, 6.07) is 17.7. The number of anilines is 1. The molecule has 1 saturated carbocycles. The number of nitrogens with zero attached hydrogens (tertiary/aromatic N) is 2. The van der Waals surface area contributed by atoms with E-state index in [-0.39, 0.29) is 11.8 Å². The third-order valence-corrected chi connectivity index (χ3v) is 7.34. The van der Waals surface area contributed by atoms with Gasteiger partial charge in [0.25, 0.3) is 5.91 Å². The van der Waals surface area contributed by atoms with Crippen LogP contribution in [0.25, 0.3) is 0 Å². The van der Waals surface area contributed by atoms with E-state index in [1.165, 1.54) is 11.3 Å². The molecule has 1 atom stereocenters. The Balaban J connectivity index is 1.63. The minimum atomic E-state index is -0.527. The molecule has 1 N–H and O–H groups in total. The number of hydrogen-bond donors (Lipinski definition) is 1. The zero-order chi connectivity index (χ0) is 21.3. The van der Waals surface area contributed by atoms with Crippen LogP contribution in [0.15, 0.2) is 66.2 Å². The van der Waals surface area contributed by atoms with E-state index in [9.17, 15) is 9.59 Å². The molecule has 1 unspecified atom stereocenters. The SMILES string of the molecule is O=C(Nc1nccs1)C1c2ccccc2C(=O)N(Cc2ccccc2)C12CCCCC2. The van der Waals surface area contributed by atoms with Crippen molar-refractivity contribution in [2.75, 3.05) is 5.32 Å². The molecule has 0 saturated heterocycles. The molecule has 2 amide bonds. The van der Waals surface area contributed by atoms with Crippen LogP contribution in [-0.4, -0.2) is 27.2 Å². The van der Waals surface area contributed by atoms with Gasteiger partial charge in [0, 0.05) is 23.7 Å². The van der Waals surface area contributed by atoms with Crippen molar-refractivity contribution in [3.05, 3.63) is 82.9 Å². The lowest BCUT2D eigenvalue weighted by molar-refractivity contribution is -0.122. The van der Waals surface area contributed by atoms with Gasteiger partial charge in [0.05, 0.1) is 11.5 Å². The van der Waals surface area contributed by atoms with Crippen LogP contribution in [-0.2, 0) is 11.3 Å². The second-order valence-electron chi connectivity index (χ2n) is 8.39. The van der Waals surface area contributed by atoms with Crippen LogP contribution >= 0.6 is 11.3 Å². The quantitative estimate of drug-likeness (QED) is 0.616. The summed E-state index contributed by atoms with van der Waals surface area (Å²) in [5.74, 6) is -0.469. The number of benzene rings is 2. The van der Waals surface area contributed by atoms with E-state index in [0.29, 0.717) is 17.2 Å². The Morgan fingerprint density at radius 1 is 1.06 bits per heavy atom. The first-order chi connectivity index (χ1) is 15.2. The topological polar surface area (TPSA) is 62.3 Å². The number of rotatable bonds is 4. The molecule has 6 heteroatoms. The summed E-state index contributed by atoms with van der Waals surface area (Å²) in [4.78, 5) is 33.7. The fraction of sp³-hybridized carbons (Fsp3) is 0.320. The van der Waals surface area contributed by atoms with Gasteiger partial charge in [0.1, 0.15) is 0 Å². The van der Waals surface area contributed by atoms with Crippen molar-refractivity contribution in [2.45, 2.75) is 50.1 Å². The van der Waals surface area contributed by atoms with Crippen molar-refractivity contribution in [1.29, 1.82) is 0 Å². The van der Waals surface area contributed by atoms with Crippen molar-refractivity contribution < 1.29 is 9.59 Å². The molecule has 0 radical (unpaired) electrons. The van der Waals surface area contributed by atoms with Crippen LogP contribution < -0.4 is 5.32 Å². The van der Waals surface area contributed by atoms with Gasteiger partial charge in [-0.05, 0) is 30.0 Å². The predicted octanol–water partition coefficient (Wildman–Crippen LogP) is 5.22. The highest BCUT2D eigenvalue weighted by molar-refractivity contribution is 7.13. The third kappa shape index (κ3) is 3.55. The first-order valence-corrected chi connectivity index (χ1v) is 11.7. The molecule has 1 aliphatic carbocycles. The smallest absolute Gasteiger partial charge is 0.254 e. The van der Waals surface area contributed by atoms with Gasteiger partial charge in [-0.3, -0.25) is 9.59 Å². The number of nitrogens with one attached hydrogen (secondary N) is 1. The highest BCUT2D eigenvalue weighted by atomic mass is 32.1. The largest absolute Gasteiger partial charge is 0.327 e. The van der Waals surface area contributed by atoms with Crippen molar-refractivity contribution in [1.82, 2.24) is 9.88 Å². The highest BCUT2D eigenvalue weighted by Crippen LogP contribution is 2.50. The average molecular weight is 432 g/mol. The Kier molecular flexibility index (Phi) is 5.32. The lowest BCUT2D eigenvalue weighted by Crippen LogP contribution is -2.61. The standard InChI is InChI=1S/C25H25N3O2S/c29-22(27-24-26-15-16-31-24)21-19-11-5-6-12-20(19)23(30)28(17-18-9-3-1-4-10-18)25(21)13-7-2-8-14-25/h1,3-6,9-12,15-16,21H,2,7-8,13-14,17H2,(H,26,27,29). The van der Waals surface area contributed by atoms with E-state index in [2.05, 4.69) is 22.4 Å². The Morgan fingerprint density at radius 2 is 1.81 bits per heavy atom. The van der Waals surface area contributed by atoms with Crippen molar-refractivity contribution in [3.8, 4) is 0 Å². The monoisotopic (exact) mass is 431 g/mol. The van der Waals surface area contributed by atoms with Gasteiger partial charge in [0.2, 0.25) is 5.91 Å². The number of aromatic nitrogens is 1. The van der Waals surface area contributed by atoms with E-state index in [1.807, 2.05) is 52.7 Å². The van der Waals surface area contributed by atoms with Crippen LogP contribution in [0, 0.1) is 0 Å². The molecular weight excluding hydrogens is 406 g/mol. The van der Waals surface area contributed by atoms with E-state index in [0.717, 1.165) is 43.2 Å². The summed E-state index contributed by atoms with van der Waals surface area (Å²) in [5, 5.41) is 5.48. The normalized spacial score (nSPS) is 19.8. The Hall–Kier alpha value is -2.99. The van der Waals surface area contributed by atoms with Crippen LogP contribution in [0.1, 0.15) is 59.5 Å². The molecule has 1 fully saturated rings. The predicted molar refractivity (Wildman–Crippen MR) is 122 cm³/mol. The van der Waals surface area contributed by atoms with Gasteiger partial charge in [-0.15, -0.1) is 11.3 Å². The van der Waals surface area contributed by atoms with E-state index < -0.39 is 11.5 Å². The molecule has 1 aliphatic heterocycles. The molecule has 31 heavy (non-hydrogen) atoms. The molecule has 2 heterocycles. The Bertz CT molecular complexity index is 1080. The van der Waals surface area contributed by atoms with E-state index >= 15 is 0 Å². The van der Waals surface area contributed by atoms with Crippen LogP contribution in [0.3, 0.4) is 0 Å². The molecule has 0 bridgehead atoms. The molecule has 3 aromatic rings. The number of amides is 2. The molecule has 1 aromatic heterocycles. The van der Waals surface area contributed by atoms with Gasteiger partial charge in [-0.1, -0.05) is 67.8 Å². The van der Waals surface area contributed by atoms with Gasteiger partial charge >= 0.3 is 0 Å². The minimum absolute atomic E-state index is 0.0275. The van der Waals surface area contributed by atoms with Crippen molar-refractivity contribution in [3.63, 3.8) is 0 Å². The minimum Gasteiger partial charge on any atom is -0.327 e. The lowest BCUT2D eigenvalue weighted by atomic mass is 9.65. The fourth-order valence-corrected chi connectivity index (χ4v) is 5.83. The Morgan fingerprint density at radius 3 is 2.55 bits per heavy atom. The maximum atomic E-state index is 13.8. The molecule has 2 aromatic carbocycles. The number of fused-ring (bicyclic) bond motifs is 1. The second-order valence-corrected chi connectivity index (χ2v) is 9.28. The molecular formula is C25H25N3O2S. The van der Waals surface area contributed by atoms with E-state index in [4.69, 9.17) is 0 Å². The fourth-order valence-electron chi connectivity index (χ4n) is 5.30. The number of carbonyl (C=O) groups excluding carboxylic acids is 2. The summed E-state index contributed by atoms with van der Waals surface area (Å²) in [7, 11) is 0. The zero-order valence-electron chi connectivity index (χ0n) is 17.3. The highest BCUT2D eigenvalue weighted by Gasteiger charge is 2.54. The summed E-state index contributed by atoms with van der Waals surface area (Å²) in [6.07, 6.45) is 6.52. The van der Waals surface area contributed by atoms with Crippen molar-refractivity contribution in [2.24, 2.45) is 0 Å². The van der Waals surface area contributed by atoms with Crippen LogP contribution in [0.4, 0.5) is 5.13 Å². The van der Waals surface area contributed by atoms with E-state index in [1.54, 1.807) is 6.20 Å². The van der Waals surface area contributed by atoms with Crippen LogP contribution in [0.2, 0.25) is 0 Å². The Labute approximate surface area is 186 Å². The average Bonchev–Trinajstić information content (AvgIpc) is 3.31. The van der Waals surface area contributed by atoms with Gasteiger partial charge in [-0.2, -0.15) is 0 Å². The summed E-state index contributed by atoms with van der Waals surface area (Å²) >= 11 is 1.41. The maximum Gasteiger partial charge on any atom is 0.254 e. The van der Waals surface area contributed by atoms with Crippen molar-refractivity contribution >= 4 is 28.3 Å². The first kappa shape index (κ1) is 19.9. The molecule has 5 rings (SSSR count). The zero-order valence-corrected chi connectivity index (χ0v) is 18.1. The first-order valence-electron chi connectivity index (χ1n) is 10.8. The molecule has 5 nitrogen and oxygen atoms in total. The number of hydrogen-bond acceptors (Lipinski definition) is 4. The molecule has 158 valence electrons. The molecule has 1 spiro atoms. The summed E-state index contributed by atoms with van der Waals surface area (Å²) in [5.41, 5.74) is 2.03. The third-order valence-electron chi connectivity index (χ3n) is 6.65. The van der Waals surface area contributed by atoms with Crippen LogP contribution in [0.5, 0.6) is 0 Å². The maximum absolute atomic E-state index is 13.8. The van der Waals surface area contributed by atoms with Gasteiger partial charge in [-0.25, -0.2) is 4.98 Å². The summed E-state index contributed by atoms with van der Waals surface area (Å²) in [6.45, 7) is 0.509. The second kappa shape index (κ2) is 8.27. The summed E-state index contributed by atoms with van der Waals surface area (Å²) < 4.78 is 0. The molecule has 2 aliphatic rings.